The summed E-state index contributed by atoms with van der Waals surface area (Å²) in [7, 11) is 0. The van der Waals surface area contributed by atoms with E-state index in [0.717, 1.165) is 30.1 Å². The second kappa shape index (κ2) is 6.18. The topological polar surface area (TPSA) is 55.1 Å². The first-order valence-electron chi connectivity index (χ1n) is 7.40. The first-order valence-corrected chi connectivity index (χ1v) is 8.28. The van der Waals surface area contributed by atoms with Gasteiger partial charge in [-0.2, -0.15) is 0 Å². The zero-order valence-electron chi connectivity index (χ0n) is 12.4. The maximum atomic E-state index is 4.53. The molecule has 0 aromatic carbocycles. The van der Waals surface area contributed by atoms with Crippen LogP contribution < -0.4 is 5.32 Å². The number of imidazole rings is 1. The molecule has 23 heavy (non-hydrogen) atoms. The van der Waals surface area contributed by atoms with Crippen LogP contribution in [0.1, 0.15) is 5.56 Å². The Labute approximate surface area is 137 Å². The van der Waals surface area contributed by atoms with Gasteiger partial charge in [-0.3, -0.25) is 9.38 Å². The monoisotopic (exact) mass is 321 g/mol. The van der Waals surface area contributed by atoms with Crippen LogP contribution >= 0.6 is 11.3 Å². The zero-order chi connectivity index (χ0) is 15.5. The number of hydrogen-bond donors (Lipinski definition) is 1. The quantitative estimate of drug-likeness (QED) is 0.611. The molecule has 4 aromatic rings. The van der Waals surface area contributed by atoms with Crippen molar-refractivity contribution in [1.29, 1.82) is 0 Å². The van der Waals surface area contributed by atoms with Gasteiger partial charge in [0.1, 0.15) is 0 Å². The highest BCUT2D eigenvalue weighted by molar-refractivity contribution is 7.13. The fourth-order valence-corrected chi connectivity index (χ4v) is 3.25. The van der Waals surface area contributed by atoms with E-state index < -0.39 is 0 Å². The van der Waals surface area contributed by atoms with Gasteiger partial charge in [0, 0.05) is 31.3 Å². The van der Waals surface area contributed by atoms with E-state index >= 15 is 0 Å². The Bertz CT molecular complexity index is 899. The SMILES string of the molecule is c1cncc(CCNc2nccn3c(-c4cccs4)cnc23)c1. The number of aromatic nitrogens is 4. The zero-order valence-corrected chi connectivity index (χ0v) is 13.2. The van der Waals surface area contributed by atoms with E-state index in [-0.39, 0.29) is 0 Å². The van der Waals surface area contributed by atoms with E-state index in [4.69, 9.17) is 0 Å². The lowest BCUT2D eigenvalue weighted by Crippen LogP contribution is -2.08. The van der Waals surface area contributed by atoms with E-state index in [2.05, 4.69) is 42.2 Å². The van der Waals surface area contributed by atoms with E-state index in [0.29, 0.717) is 0 Å². The number of rotatable bonds is 5. The van der Waals surface area contributed by atoms with Crippen molar-refractivity contribution < 1.29 is 0 Å². The van der Waals surface area contributed by atoms with E-state index in [1.165, 1.54) is 10.4 Å². The van der Waals surface area contributed by atoms with Crippen molar-refractivity contribution in [2.75, 3.05) is 11.9 Å². The normalized spacial score (nSPS) is 11.0. The van der Waals surface area contributed by atoms with Crippen LogP contribution in [0, 0.1) is 0 Å². The van der Waals surface area contributed by atoms with Gasteiger partial charge in [0.15, 0.2) is 11.5 Å². The van der Waals surface area contributed by atoms with Crippen molar-refractivity contribution in [1.82, 2.24) is 19.4 Å². The molecule has 0 radical (unpaired) electrons. The second-order valence-electron chi connectivity index (χ2n) is 5.13. The molecule has 0 saturated carbocycles. The summed E-state index contributed by atoms with van der Waals surface area (Å²) in [6.45, 7) is 0.791. The number of nitrogens with zero attached hydrogens (tertiary/aromatic N) is 4. The van der Waals surface area contributed by atoms with Crippen molar-refractivity contribution in [2.24, 2.45) is 0 Å². The molecular weight excluding hydrogens is 306 g/mol. The van der Waals surface area contributed by atoms with Crippen LogP contribution in [0.25, 0.3) is 16.2 Å². The van der Waals surface area contributed by atoms with Crippen LogP contribution in [0.2, 0.25) is 0 Å². The molecule has 4 rings (SSSR count). The molecule has 5 nitrogen and oxygen atoms in total. The van der Waals surface area contributed by atoms with E-state index in [1.807, 2.05) is 30.7 Å². The predicted molar refractivity (Wildman–Crippen MR) is 92.7 cm³/mol. The van der Waals surface area contributed by atoms with E-state index in [9.17, 15) is 0 Å². The third-order valence-electron chi connectivity index (χ3n) is 3.63. The van der Waals surface area contributed by atoms with Crippen molar-refractivity contribution in [3.63, 3.8) is 0 Å². The third kappa shape index (κ3) is 2.80. The standard InChI is InChI=1S/C17H15N5S/c1-3-13(11-18-6-1)5-7-19-16-17-21-12-14(15-4-2-10-23-15)22(17)9-8-20-16/h1-4,6,8-12H,5,7H2,(H,19,20). The molecule has 0 unspecified atom stereocenters. The van der Waals surface area contributed by atoms with Crippen LogP contribution in [0.3, 0.4) is 0 Å². The van der Waals surface area contributed by atoms with Crippen molar-refractivity contribution >= 4 is 22.8 Å². The van der Waals surface area contributed by atoms with Crippen LogP contribution in [-0.4, -0.2) is 25.9 Å². The number of fused-ring (bicyclic) bond motifs is 1. The maximum Gasteiger partial charge on any atom is 0.180 e. The first kappa shape index (κ1) is 13.9. The Morgan fingerprint density at radius 2 is 2.09 bits per heavy atom. The molecule has 6 heteroatoms. The van der Waals surface area contributed by atoms with Gasteiger partial charge in [-0.05, 0) is 29.5 Å². The molecular formula is C17H15N5S. The van der Waals surface area contributed by atoms with Gasteiger partial charge in [0.2, 0.25) is 0 Å². The third-order valence-corrected chi connectivity index (χ3v) is 4.52. The summed E-state index contributed by atoms with van der Waals surface area (Å²) in [6.07, 6.45) is 10.2. The molecule has 0 bridgehead atoms. The van der Waals surface area contributed by atoms with Crippen molar-refractivity contribution in [3.05, 3.63) is 66.2 Å². The Kier molecular flexibility index (Phi) is 3.73. The average Bonchev–Trinajstić information content (AvgIpc) is 3.25. The minimum Gasteiger partial charge on any atom is -0.367 e. The molecule has 0 aliphatic carbocycles. The lowest BCUT2D eigenvalue weighted by molar-refractivity contribution is 0.988. The van der Waals surface area contributed by atoms with Gasteiger partial charge in [-0.25, -0.2) is 9.97 Å². The Balaban J connectivity index is 1.56. The molecule has 0 aliphatic rings. The number of pyridine rings is 1. The number of thiophene rings is 1. The molecule has 0 aliphatic heterocycles. The Hall–Kier alpha value is -2.73. The molecule has 0 fully saturated rings. The molecule has 4 aromatic heterocycles. The minimum atomic E-state index is 0.791. The summed E-state index contributed by atoms with van der Waals surface area (Å²) in [5.74, 6) is 0.805. The summed E-state index contributed by atoms with van der Waals surface area (Å²) >= 11 is 1.71. The first-order chi connectivity index (χ1) is 11.4. The maximum absolute atomic E-state index is 4.53. The van der Waals surface area contributed by atoms with Crippen LogP contribution in [0.15, 0.2) is 60.6 Å². The van der Waals surface area contributed by atoms with E-state index in [1.54, 1.807) is 23.7 Å². The highest BCUT2D eigenvalue weighted by atomic mass is 32.1. The van der Waals surface area contributed by atoms with Crippen molar-refractivity contribution in [2.45, 2.75) is 6.42 Å². The van der Waals surface area contributed by atoms with Gasteiger partial charge >= 0.3 is 0 Å². The molecule has 114 valence electrons. The van der Waals surface area contributed by atoms with Crippen molar-refractivity contribution in [3.8, 4) is 10.6 Å². The lowest BCUT2D eigenvalue weighted by atomic mass is 10.2. The second-order valence-corrected chi connectivity index (χ2v) is 6.08. The van der Waals surface area contributed by atoms with Gasteiger partial charge in [0.25, 0.3) is 0 Å². The highest BCUT2D eigenvalue weighted by Gasteiger charge is 2.10. The summed E-state index contributed by atoms with van der Waals surface area (Å²) in [6, 6.07) is 8.18. The summed E-state index contributed by atoms with van der Waals surface area (Å²) < 4.78 is 2.07. The van der Waals surface area contributed by atoms with Gasteiger partial charge in [0.05, 0.1) is 16.8 Å². The molecule has 0 amide bonds. The summed E-state index contributed by atoms with van der Waals surface area (Å²) in [4.78, 5) is 14.3. The number of anilines is 1. The Morgan fingerprint density at radius 3 is 2.91 bits per heavy atom. The van der Waals surface area contributed by atoms with Gasteiger partial charge < -0.3 is 5.32 Å². The largest absolute Gasteiger partial charge is 0.367 e. The number of nitrogens with one attached hydrogen (secondary N) is 1. The molecule has 0 spiro atoms. The summed E-state index contributed by atoms with van der Waals surface area (Å²) in [5.41, 5.74) is 3.14. The average molecular weight is 321 g/mol. The van der Waals surface area contributed by atoms with Crippen LogP contribution in [0.4, 0.5) is 5.82 Å². The smallest absolute Gasteiger partial charge is 0.180 e. The lowest BCUT2D eigenvalue weighted by Gasteiger charge is -2.07. The fraction of sp³-hybridized carbons (Fsp3) is 0.118. The van der Waals surface area contributed by atoms with Crippen LogP contribution in [0.5, 0.6) is 0 Å². The summed E-state index contributed by atoms with van der Waals surface area (Å²) in [5, 5.41) is 5.45. The molecule has 1 N–H and O–H groups in total. The molecule has 4 heterocycles. The fourth-order valence-electron chi connectivity index (χ4n) is 2.52. The Morgan fingerprint density at radius 1 is 1.09 bits per heavy atom. The number of hydrogen-bond acceptors (Lipinski definition) is 5. The molecule has 0 saturated heterocycles. The van der Waals surface area contributed by atoms with Crippen LogP contribution in [-0.2, 0) is 6.42 Å². The predicted octanol–water partition coefficient (Wildman–Crippen LogP) is 3.51. The minimum absolute atomic E-state index is 0.791. The highest BCUT2D eigenvalue weighted by Crippen LogP contribution is 2.26. The van der Waals surface area contributed by atoms with Gasteiger partial charge in [-0.1, -0.05) is 12.1 Å². The molecule has 0 atom stereocenters. The van der Waals surface area contributed by atoms with Gasteiger partial charge in [-0.15, -0.1) is 11.3 Å².